The van der Waals surface area contributed by atoms with Crippen LogP contribution in [0.3, 0.4) is 0 Å². The maximum absolute atomic E-state index is 14.9. The van der Waals surface area contributed by atoms with Crippen LogP contribution in [0.15, 0.2) is 53.9 Å². The highest BCUT2D eigenvalue weighted by atomic mass is 32.1. The fourth-order valence-electron chi connectivity index (χ4n) is 12.0. The van der Waals surface area contributed by atoms with Gasteiger partial charge in [-0.3, -0.25) is 38.5 Å². The predicted octanol–water partition coefficient (Wildman–Crippen LogP) is 7.32. The van der Waals surface area contributed by atoms with Gasteiger partial charge in [0.2, 0.25) is 29.5 Å². The minimum atomic E-state index is -1.14. The Bertz CT molecular complexity index is 3340. The number of amides is 11. The van der Waals surface area contributed by atoms with Crippen LogP contribution in [0.4, 0.5) is 24.9 Å². The van der Waals surface area contributed by atoms with Gasteiger partial charge in [0.1, 0.15) is 53.9 Å². The Morgan fingerprint density at radius 1 is 0.752 bits per heavy atom. The summed E-state index contributed by atoms with van der Waals surface area (Å²) in [4.78, 5) is 157. The number of aliphatic hydroxyl groups is 1. The van der Waals surface area contributed by atoms with E-state index in [1.165, 1.54) is 42.3 Å². The molecule has 32 nitrogen and oxygen atoms in total. The first-order chi connectivity index (χ1) is 51.9. The molecule has 0 spiro atoms. The van der Waals surface area contributed by atoms with Crippen molar-refractivity contribution in [1.29, 1.82) is 0 Å². The number of carboxylic acids is 1. The zero-order chi connectivity index (χ0) is 80.9. The summed E-state index contributed by atoms with van der Waals surface area (Å²) >= 11 is 1.27. The lowest BCUT2D eigenvalue weighted by atomic mass is 9.92. The molecule has 0 aliphatic carbocycles. The zero-order valence-electron chi connectivity index (χ0n) is 66.0. The zero-order valence-corrected chi connectivity index (χ0v) is 66.8. The van der Waals surface area contributed by atoms with E-state index in [1.807, 2.05) is 46.6 Å². The second-order valence-electron chi connectivity index (χ2n) is 28.4. The van der Waals surface area contributed by atoms with E-state index >= 15 is 0 Å². The van der Waals surface area contributed by atoms with Crippen LogP contribution in [0.1, 0.15) is 179 Å². The number of aliphatic carboxylic acids is 1. The van der Waals surface area contributed by atoms with E-state index in [-0.39, 0.29) is 125 Å². The molecule has 1 aliphatic rings. The Balaban J connectivity index is 1.31. The van der Waals surface area contributed by atoms with Gasteiger partial charge in [-0.2, -0.15) is 0 Å². The number of rotatable bonds is 48. The number of thiazole rings is 1. The summed E-state index contributed by atoms with van der Waals surface area (Å²) in [6.45, 7) is 20.0. The van der Waals surface area contributed by atoms with Crippen LogP contribution in [0.5, 0.6) is 5.75 Å². The van der Waals surface area contributed by atoms with Crippen LogP contribution in [-0.2, 0) is 65.5 Å². The molecule has 610 valence electrons. The molecule has 1 saturated heterocycles. The third kappa shape index (κ3) is 32.4. The molecule has 0 bridgehead atoms. The monoisotopic (exact) mass is 1550 g/mol. The third-order valence-corrected chi connectivity index (χ3v) is 19.8. The van der Waals surface area contributed by atoms with Crippen molar-refractivity contribution in [2.75, 3.05) is 92.7 Å². The summed E-state index contributed by atoms with van der Waals surface area (Å²) in [6, 6.07) is 7.95. The van der Waals surface area contributed by atoms with Gasteiger partial charge in [-0.25, -0.2) is 24.2 Å². The first-order valence-electron chi connectivity index (χ1n) is 37.9. The quantitative estimate of drug-likeness (QED) is 0.0195. The van der Waals surface area contributed by atoms with E-state index < -0.39 is 108 Å². The Morgan fingerprint density at radius 3 is 2.03 bits per heavy atom. The van der Waals surface area contributed by atoms with E-state index in [9.17, 15) is 63.0 Å². The lowest BCUT2D eigenvalue weighted by Crippen LogP contribution is -2.58. The normalized spacial score (nSPS) is 15.7. The van der Waals surface area contributed by atoms with E-state index in [2.05, 4.69) is 56.0 Å². The van der Waals surface area contributed by atoms with Crippen LogP contribution in [0, 0.1) is 23.7 Å². The minimum absolute atomic E-state index is 0.0156. The number of carbonyl (C=O) groups is 11. The summed E-state index contributed by atoms with van der Waals surface area (Å²) in [6.07, 6.45) is 1.76. The number of urea groups is 1. The summed E-state index contributed by atoms with van der Waals surface area (Å²) in [5.41, 5.74) is 6.96. The summed E-state index contributed by atoms with van der Waals surface area (Å²) in [7, 11) is 6.30. The molecule has 3 aromatic rings. The van der Waals surface area contributed by atoms with Crippen molar-refractivity contribution in [2.45, 2.75) is 214 Å². The van der Waals surface area contributed by atoms with Crippen molar-refractivity contribution >= 4 is 82.7 Å². The number of nitrogens with zero attached hydrogens (tertiary/aromatic N) is 5. The van der Waals surface area contributed by atoms with E-state index in [4.69, 9.17) is 39.1 Å². The van der Waals surface area contributed by atoms with E-state index in [0.29, 0.717) is 67.1 Å². The number of alkyl carbamates (subject to hydrolysis) is 1. The van der Waals surface area contributed by atoms with Crippen LogP contribution in [0.25, 0.3) is 0 Å². The second-order valence-corrected chi connectivity index (χ2v) is 29.3. The second kappa shape index (κ2) is 48.7. The summed E-state index contributed by atoms with van der Waals surface area (Å²) in [5.74, 6) is -4.87. The minimum Gasteiger partial charge on any atom is -0.481 e. The van der Waals surface area contributed by atoms with Crippen molar-refractivity contribution in [2.24, 2.45) is 29.4 Å². The number of ether oxygens (including phenoxy) is 6. The highest BCUT2D eigenvalue weighted by Gasteiger charge is 2.39. The molecular formula is C76H121N13O19S. The first kappa shape index (κ1) is 92.6. The molecule has 2 unspecified atom stereocenters. The molecule has 1 aromatic heterocycles. The molecule has 11 amide bonds. The molecule has 109 heavy (non-hydrogen) atoms. The number of primary amides is 1. The molecular weight excluding hydrogens is 1430 g/mol. The number of carbonyl (C=O) groups excluding carboxylic acids is 10. The fourth-order valence-corrected chi connectivity index (χ4v) is 12.8. The van der Waals surface area contributed by atoms with Crippen LogP contribution in [0.2, 0.25) is 0 Å². The van der Waals surface area contributed by atoms with Crippen LogP contribution >= 0.6 is 11.3 Å². The molecule has 1 fully saturated rings. The van der Waals surface area contributed by atoms with Gasteiger partial charge < -0.3 is 96.3 Å². The number of carboxylic acid groups (broad SMARTS) is 1. The molecule has 0 radical (unpaired) electrons. The van der Waals surface area contributed by atoms with Crippen molar-refractivity contribution in [3.05, 3.63) is 75.7 Å². The van der Waals surface area contributed by atoms with Gasteiger partial charge >= 0.3 is 30.3 Å². The van der Waals surface area contributed by atoms with Crippen LogP contribution in [-0.4, -0.2) is 237 Å². The van der Waals surface area contributed by atoms with E-state index in [0.717, 1.165) is 25.8 Å². The number of benzene rings is 2. The first-order valence-corrected chi connectivity index (χ1v) is 38.8. The Kier molecular flexibility index (Phi) is 41.4. The van der Waals surface area contributed by atoms with Gasteiger partial charge in [0.15, 0.2) is 6.29 Å². The average molecular weight is 1550 g/mol. The van der Waals surface area contributed by atoms with Gasteiger partial charge in [0.25, 0.3) is 5.91 Å². The predicted molar refractivity (Wildman–Crippen MR) is 410 cm³/mol. The standard InChI is InChI=1S/C76H121N13O19S/c1-15-35-89(71(96)65(49(9)17-3)85-68(94)59-23-19-20-36-86(59)11)60(47(5)6)42-61(104-39-16-2)70-83-58(46-109-70)67(93)81-54(40-50(10)72(97)98)41-51-26-30-56(31-27-51)108-76(102)88(13)38-37-87(12)75(101)106-44-52-24-28-53(29-25-52)80-66(92)57(22-21-33-78-73(77)99)82-69(95)64(48(7)8)84-62(91)32-34-79-74(100)105-45-63(103-14)107-55(18-4)43-90/h24-31,46-50,54-55,57,59-61,63-65,90H,15-23,32-45H2,1-14H3,(H,79,100)(H,80,92)(H,81,93)(H,82,95)(H,84,91)(H,85,94)(H,97,98)(H3,77,78,99)/t49-,50-,54+,55?,57+,59+,60+,61+,63?,64+,65-/m0/s1. The number of aromatic nitrogens is 1. The molecule has 1 aliphatic heterocycles. The Labute approximate surface area is 645 Å². The number of nitrogens with two attached hydrogens (primary N) is 1. The van der Waals surface area contributed by atoms with Gasteiger partial charge in [-0.05, 0) is 125 Å². The molecule has 4 rings (SSSR count). The number of piperidine rings is 1. The van der Waals surface area contributed by atoms with Gasteiger partial charge in [-0.1, -0.05) is 106 Å². The smallest absolute Gasteiger partial charge is 0.415 e. The third-order valence-electron chi connectivity index (χ3n) is 18.9. The van der Waals surface area contributed by atoms with Gasteiger partial charge in [-0.15, -0.1) is 11.3 Å². The van der Waals surface area contributed by atoms with Crippen molar-refractivity contribution in [1.82, 2.24) is 56.5 Å². The number of hydrogen-bond donors (Lipinski definition) is 10. The molecule has 2 aromatic carbocycles. The molecule has 2 heterocycles. The van der Waals surface area contributed by atoms with Crippen LogP contribution < -0.4 is 47.7 Å². The van der Waals surface area contributed by atoms with Crippen molar-refractivity contribution < 1.29 is 91.4 Å². The number of likely N-dealkylation sites (tertiary alicyclic amines) is 1. The number of hydrogen-bond acceptors (Lipinski definition) is 21. The van der Waals surface area contributed by atoms with Gasteiger partial charge in [0, 0.05) is 96.5 Å². The fraction of sp³-hybridized carbons (Fsp3) is 0.658. The largest absolute Gasteiger partial charge is 0.481 e. The Morgan fingerprint density at radius 2 is 1.43 bits per heavy atom. The molecule has 11 N–H and O–H groups in total. The lowest BCUT2D eigenvalue weighted by Gasteiger charge is -2.40. The number of methoxy groups -OCH3 is 1. The summed E-state index contributed by atoms with van der Waals surface area (Å²) in [5, 5.41) is 40.8. The lowest BCUT2D eigenvalue weighted by molar-refractivity contribution is -0.181. The summed E-state index contributed by atoms with van der Waals surface area (Å²) < 4.78 is 33.4. The molecule has 0 saturated carbocycles. The van der Waals surface area contributed by atoms with Crippen molar-refractivity contribution in [3.8, 4) is 5.75 Å². The number of aliphatic hydroxyl groups excluding tert-OH is 1. The topological polar surface area (TPSA) is 420 Å². The number of nitrogens with one attached hydrogen (secondary N) is 7. The van der Waals surface area contributed by atoms with Gasteiger partial charge in [0.05, 0.1) is 24.7 Å². The SMILES string of the molecule is CCCO[C@H](C[C@H](C(C)C)N(CCC)C(=O)[C@@H](NC(=O)[C@H]1CCCCN1C)[C@@H](C)CC)c1nc(C(=O)N[C@@H](Cc2ccc(OC(=O)N(C)CCN(C)C(=O)OCc3ccc(NC(=O)[C@@H](CCCNC(N)=O)NC(=O)[C@H](NC(=O)CCNC(=O)OCC(OC)OC(CC)CO)C(C)C)cc3)cc2)C[C@H](C)C(=O)O)cs1. The molecule has 33 heteroatoms. The van der Waals surface area contributed by atoms with E-state index in [1.54, 1.807) is 74.7 Å². The van der Waals surface area contributed by atoms with Crippen molar-refractivity contribution in [3.63, 3.8) is 0 Å². The Hall–Kier alpha value is -8.76. The number of likely N-dealkylation sites (N-methyl/N-ethyl adjacent to an activating group) is 3. The molecule has 11 atom stereocenters. The maximum Gasteiger partial charge on any atom is 0.415 e. The maximum atomic E-state index is 14.9. The highest BCUT2D eigenvalue weighted by Crippen LogP contribution is 2.32. The highest BCUT2D eigenvalue weighted by molar-refractivity contribution is 7.09. The average Bonchev–Trinajstić information content (AvgIpc) is 1.72. The number of anilines is 1.